The van der Waals surface area contributed by atoms with Gasteiger partial charge in [-0.25, -0.2) is 0 Å². The number of unbranched alkanes of at least 4 members (excludes halogenated alkanes) is 3. The predicted octanol–water partition coefficient (Wildman–Crippen LogP) is 2.75. The molecule has 0 unspecified atom stereocenters. The Labute approximate surface area is 97.8 Å². The molecule has 1 rings (SSSR count). The van der Waals surface area contributed by atoms with Gasteiger partial charge in [-0.15, -0.1) is 0 Å². The molecule has 0 fully saturated rings. The van der Waals surface area contributed by atoms with Crippen molar-refractivity contribution >= 4 is 0 Å². The van der Waals surface area contributed by atoms with Crippen LogP contribution in [0.1, 0.15) is 32.6 Å². The molecule has 0 atom stereocenters. The van der Waals surface area contributed by atoms with E-state index in [4.69, 9.17) is 0 Å². The maximum absolute atomic E-state index is 3.73. The molecule has 14 heavy (non-hydrogen) atoms. The first-order valence-corrected chi connectivity index (χ1v) is 5.17. The van der Waals surface area contributed by atoms with E-state index in [1.165, 1.54) is 32.2 Å². The van der Waals surface area contributed by atoms with Crippen LogP contribution in [0, 0.1) is 0 Å². The Morgan fingerprint density at radius 1 is 1.29 bits per heavy atom. The molecular weight excluding hydrogens is 219 g/mol. The summed E-state index contributed by atoms with van der Waals surface area (Å²) < 4.78 is 0. The second-order valence-electron chi connectivity index (χ2n) is 3.51. The summed E-state index contributed by atoms with van der Waals surface area (Å²) in [5.74, 6) is 0. The van der Waals surface area contributed by atoms with Crippen LogP contribution in [0.15, 0.2) is 25.2 Å². The molecule has 0 aromatic heterocycles. The van der Waals surface area contributed by atoms with Crippen LogP contribution in [-0.4, -0.2) is 23.0 Å². The molecule has 0 aromatic rings. The average Bonchev–Trinajstić information content (AvgIpc) is 2.60. The normalized spacial score (nSPS) is 14.4. The Kier molecular flexibility index (Phi) is 7.71. The van der Waals surface area contributed by atoms with Gasteiger partial charge in [0.2, 0.25) is 0 Å². The Hall–Kier alpha value is -0.414. The smallest absolute Gasteiger partial charge is 0.0935 e. The number of rotatable bonds is 6. The minimum Gasteiger partial charge on any atom is -0.358 e. The topological polar surface area (TPSA) is 6.48 Å². The largest absolute Gasteiger partial charge is 0.358 e. The molecular formula is C11H20CoN2. The number of nitrogens with zero attached hydrogens (tertiary/aromatic N) is 2. The minimum absolute atomic E-state index is 0. The fraction of sp³-hybridized carbons (Fsp3) is 0.636. The van der Waals surface area contributed by atoms with Crippen molar-refractivity contribution in [3.05, 3.63) is 25.2 Å². The molecule has 0 bridgehead atoms. The van der Waals surface area contributed by atoms with Gasteiger partial charge in [0.05, 0.1) is 6.67 Å². The molecule has 0 spiro atoms. The van der Waals surface area contributed by atoms with Gasteiger partial charge in [-0.2, -0.15) is 0 Å². The van der Waals surface area contributed by atoms with Gasteiger partial charge < -0.3 is 9.80 Å². The van der Waals surface area contributed by atoms with E-state index in [2.05, 4.69) is 35.7 Å². The average molecular weight is 239 g/mol. The number of hydrogen-bond donors (Lipinski definition) is 0. The van der Waals surface area contributed by atoms with Crippen molar-refractivity contribution in [3.8, 4) is 0 Å². The standard InChI is InChI=1S/C11H20N2.Co/c1-3-5-6-7-8-13-10-9-12(4-2)11-13;/h4,9-10H,2-3,5-8,11H2,1H3;. The molecule has 0 saturated heterocycles. The Morgan fingerprint density at radius 3 is 2.64 bits per heavy atom. The summed E-state index contributed by atoms with van der Waals surface area (Å²) in [5, 5.41) is 0. The molecule has 83 valence electrons. The van der Waals surface area contributed by atoms with Crippen LogP contribution in [0.4, 0.5) is 0 Å². The molecule has 0 aromatic carbocycles. The minimum atomic E-state index is 0. The zero-order valence-electron chi connectivity index (χ0n) is 8.91. The first-order chi connectivity index (χ1) is 6.36. The van der Waals surface area contributed by atoms with Crippen molar-refractivity contribution in [3.63, 3.8) is 0 Å². The van der Waals surface area contributed by atoms with E-state index in [-0.39, 0.29) is 16.8 Å². The molecule has 1 aliphatic rings. The van der Waals surface area contributed by atoms with Gasteiger partial charge in [0.15, 0.2) is 0 Å². The maximum Gasteiger partial charge on any atom is 0.0935 e. The molecule has 1 radical (unpaired) electrons. The summed E-state index contributed by atoms with van der Waals surface area (Å²) >= 11 is 0. The first-order valence-electron chi connectivity index (χ1n) is 5.17. The fourth-order valence-corrected chi connectivity index (χ4v) is 1.49. The van der Waals surface area contributed by atoms with Crippen molar-refractivity contribution in [2.75, 3.05) is 13.2 Å². The van der Waals surface area contributed by atoms with Gasteiger partial charge in [0.25, 0.3) is 0 Å². The second kappa shape index (κ2) is 7.94. The Balaban J connectivity index is 0.00000169. The van der Waals surface area contributed by atoms with Crippen molar-refractivity contribution in [2.24, 2.45) is 0 Å². The quantitative estimate of drug-likeness (QED) is 0.657. The zero-order chi connectivity index (χ0) is 9.52. The van der Waals surface area contributed by atoms with Crippen LogP contribution < -0.4 is 0 Å². The van der Waals surface area contributed by atoms with Gasteiger partial charge in [0.1, 0.15) is 0 Å². The van der Waals surface area contributed by atoms with Crippen LogP contribution in [0.5, 0.6) is 0 Å². The van der Waals surface area contributed by atoms with Crippen molar-refractivity contribution < 1.29 is 16.8 Å². The van der Waals surface area contributed by atoms with E-state index in [1.54, 1.807) is 0 Å². The molecule has 0 N–H and O–H groups in total. The monoisotopic (exact) mass is 239 g/mol. The van der Waals surface area contributed by atoms with E-state index in [0.29, 0.717) is 0 Å². The molecule has 0 amide bonds. The molecule has 1 heterocycles. The molecule has 3 heteroatoms. The van der Waals surface area contributed by atoms with Crippen molar-refractivity contribution in [1.29, 1.82) is 0 Å². The van der Waals surface area contributed by atoms with Crippen molar-refractivity contribution in [2.45, 2.75) is 32.6 Å². The van der Waals surface area contributed by atoms with Gasteiger partial charge >= 0.3 is 0 Å². The Bertz CT molecular complexity index is 180. The van der Waals surface area contributed by atoms with Crippen LogP contribution in [0.3, 0.4) is 0 Å². The van der Waals surface area contributed by atoms with E-state index in [1.807, 2.05) is 6.20 Å². The second-order valence-corrected chi connectivity index (χ2v) is 3.51. The van der Waals surface area contributed by atoms with E-state index in [0.717, 1.165) is 6.67 Å². The van der Waals surface area contributed by atoms with Crippen LogP contribution in [0.25, 0.3) is 0 Å². The summed E-state index contributed by atoms with van der Waals surface area (Å²) in [7, 11) is 0. The predicted molar refractivity (Wildman–Crippen MR) is 56.9 cm³/mol. The summed E-state index contributed by atoms with van der Waals surface area (Å²) in [6, 6.07) is 0. The molecule has 2 nitrogen and oxygen atoms in total. The summed E-state index contributed by atoms with van der Waals surface area (Å²) in [5.41, 5.74) is 0. The first kappa shape index (κ1) is 13.6. The van der Waals surface area contributed by atoms with Gasteiger partial charge in [-0.1, -0.05) is 32.8 Å². The van der Waals surface area contributed by atoms with E-state index >= 15 is 0 Å². The van der Waals surface area contributed by atoms with Crippen LogP contribution in [0.2, 0.25) is 0 Å². The summed E-state index contributed by atoms with van der Waals surface area (Å²) in [6.07, 6.45) is 11.4. The molecule has 0 saturated carbocycles. The SMILES string of the molecule is C=CN1C=CN(CCCCCC)C1.[Co]. The van der Waals surface area contributed by atoms with E-state index in [9.17, 15) is 0 Å². The number of hydrogen-bond acceptors (Lipinski definition) is 2. The third-order valence-electron chi connectivity index (χ3n) is 2.35. The van der Waals surface area contributed by atoms with Crippen LogP contribution >= 0.6 is 0 Å². The molecule has 0 aliphatic carbocycles. The van der Waals surface area contributed by atoms with Gasteiger partial charge in [-0.05, 0) is 12.6 Å². The fourth-order valence-electron chi connectivity index (χ4n) is 1.49. The van der Waals surface area contributed by atoms with Crippen LogP contribution in [-0.2, 0) is 16.8 Å². The van der Waals surface area contributed by atoms with Gasteiger partial charge in [-0.3, -0.25) is 0 Å². The summed E-state index contributed by atoms with van der Waals surface area (Å²) in [4.78, 5) is 4.43. The third-order valence-corrected chi connectivity index (χ3v) is 2.35. The zero-order valence-corrected chi connectivity index (χ0v) is 9.95. The van der Waals surface area contributed by atoms with Crippen molar-refractivity contribution in [1.82, 2.24) is 9.80 Å². The molecule has 1 aliphatic heterocycles. The Morgan fingerprint density at radius 2 is 2.07 bits per heavy atom. The third kappa shape index (κ3) is 4.72. The summed E-state index contributed by atoms with van der Waals surface area (Å²) in [6.45, 7) is 8.14. The maximum atomic E-state index is 3.73. The van der Waals surface area contributed by atoms with Gasteiger partial charge in [0, 0.05) is 35.7 Å². The van der Waals surface area contributed by atoms with E-state index < -0.39 is 0 Å².